The van der Waals surface area contributed by atoms with Crippen LogP contribution >= 0.6 is 11.3 Å². The molecule has 2 saturated heterocycles. The fourth-order valence-corrected chi connectivity index (χ4v) is 7.32. The van der Waals surface area contributed by atoms with Crippen molar-refractivity contribution >= 4 is 35.1 Å². The van der Waals surface area contributed by atoms with Gasteiger partial charge < -0.3 is 29.9 Å². The molecule has 2 N–H and O–H groups in total. The predicted molar refractivity (Wildman–Crippen MR) is 186 cm³/mol. The van der Waals surface area contributed by atoms with E-state index in [-0.39, 0.29) is 42.8 Å². The predicted octanol–water partition coefficient (Wildman–Crippen LogP) is 4.49. The highest BCUT2D eigenvalue weighted by Gasteiger charge is 2.43. The summed E-state index contributed by atoms with van der Waals surface area (Å²) >= 11 is 1.59. The Morgan fingerprint density at radius 3 is 2.31 bits per heavy atom. The van der Waals surface area contributed by atoms with Gasteiger partial charge in [-0.3, -0.25) is 14.3 Å². The van der Waals surface area contributed by atoms with Crippen LogP contribution in [0, 0.1) is 12.8 Å². The number of aliphatic hydroxyl groups excluding tert-OH is 1. The van der Waals surface area contributed by atoms with Crippen LogP contribution in [0.4, 0.5) is 10.6 Å². The van der Waals surface area contributed by atoms with Gasteiger partial charge in [-0.25, -0.2) is 9.78 Å². The zero-order valence-electron chi connectivity index (χ0n) is 29.3. The SMILES string of the molecule is Cc1ncsc1-c1ccc([C@H](C)NC(=O)[C@@H]2C[C@@H](O)CN2C(=O)[C@H](c2cc(N3CCN(C(=O)OC(C)(C)C)CC3)n(C)n2)C(C)C)cc1. The number of nitrogens with one attached hydrogen (secondary N) is 1. The zero-order valence-corrected chi connectivity index (χ0v) is 30.1. The third-order valence-electron chi connectivity index (χ3n) is 9.02. The largest absolute Gasteiger partial charge is 0.444 e. The lowest BCUT2D eigenvalue weighted by molar-refractivity contribution is -0.140. The molecule has 2 aliphatic rings. The molecule has 48 heavy (non-hydrogen) atoms. The smallest absolute Gasteiger partial charge is 0.410 e. The van der Waals surface area contributed by atoms with Crippen molar-refractivity contribution in [2.75, 3.05) is 37.6 Å². The average Bonchev–Trinajstić information content (AvgIpc) is 3.74. The normalized spacial score (nSPS) is 19.8. The van der Waals surface area contributed by atoms with E-state index in [0.29, 0.717) is 31.9 Å². The van der Waals surface area contributed by atoms with Gasteiger partial charge in [-0.05, 0) is 51.7 Å². The van der Waals surface area contributed by atoms with Gasteiger partial charge in [-0.15, -0.1) is 11.3 Å². The van der Waals surface area contributed by atoms with Crippen LogP contribution in [0.1, 0.15) is 76.9 Å². The van der Waals surface area contributed by atoms with Crippen molar-refractivity contribution in [2.24, 2.45) is 13.0 Å². The number of piperazine rings is 1. The first-order valence-electron chi connectivity index (χ1n) is 16.7. The molecule has 0 unspecified atom stereocenters. The van der Waals surface area contributed by atoms with Gasteiger partial charge in [0.15, 0.2) is 0 Å². The van der Waals surface area contributed by atoms with Crippen molar-refractivity contribution in [1.82, 2.24) is 29.9 Å². The van der Waals surface area contributed by atoms with E-state index >= 15 is 0 Å². The molecule has 0 aliphatic carbocycles. The van der Waals surface area contributed by atoms with E-state index in [1.54, 1.807) is 20.9 Å². The minimum Gasteiger partial charge on any atom is -0.444 e. The summed E-state index contributed by atoms with van der Waals surface area (Å²) in [6.07, 6.45) is -0.942. The van der Waals surface area contributed by atoms with Gasteiger partial charge >= 0.3 is 6.09 Å². The van der Waals surface area contributed by atoms with E-state index in [1.807, 2.05) is 91.4 Å². The molecule has 0 saturated carbocycles. The molecule has 3 aromatic rings. The highest BCUT2D eigenvalue weighted by atomic mass is 32.1. The standard InChI is InChI=1S/C35H49N7O5S/c1-21(2)30(27-18-29(39(8)38-27)40-13-15-41(16-14-40)34(46)47-35(5,6)7)33(45)42-19-26(43)17-28(42)32(44)37-22(3)24-9-11-25(12-10-24)31-23(4)36-20-48-31/h9-12,18,20-22,26,28,30,43H,13-17,19H2,1-8H3,(H,37,44)/t22-,26+,28-,30-/m0/s1. The fraction of sp³-hybridized carbons (Fsp3) is 0.571. The molecule has 2 aromatic heterocycles. The lowest BCUT2D eigenvalue weighted by atomic mass is 9.90. The Hall–Kier alpha value is -3.97. The number of rotatable bonds is 8. The van der Waals surface area contributed by atoms with E-state index in [2.05, 4.69) is 15.2 Å². The summed E-state index contributed by atoms with van der Waals surface area (Å²) in [4.78, 5) is 51.3. The molecule has 5 rings (SSSR count). The number of likely N-dealkylation sites (tertiary alicyclic amines) is 1. The fourth-order valence-electron chi connectivity index (χ4n) is 6.50. The maximum atomic E-state index is 14.2. The van der Waals surface area contributed by atoms with E-state index in [1.165, 1.54) is 4.90 Å². The van der Waals surface area contributed by atoms with Crippen molar-refractivity contribution in [2.45, 2.75) is 84.6 Å². The van der Waals surface area contributed by atoms with Gasteiger partial charge in [-0.2, -0.15) is 5.10 Å². The van der Waals surface area contributed by atoms with Gasteiger partial charge in [-0.1, -0.05) is 38.1 Å². The first kappa shape index (κ1) is 35.3. The monoisotopic (exact) mass is 679 g/mol. The summed E-state index contributed by atoms with van der Waals surface area (Å²) in [5, 5.41) is 18.5. The van der Waals surface area contributed by atoms with Crippen LogP contribution in [-0.4, -0.2) is 98.0 Å². The molecule has 2 fully saturated rings. The van der Waals surface area contributed by atoms with Crippen LogP contribution in [-0.2, 0) is 21.4 Å². The maximum Gasteiger partial charge on any atom is 0.410 e. The van der Waals surface area contributed by atoms with E-state index in [4.69, 9.17) is 9.84 Å². The highest BCUT2D eigenvalue weighted by Crippen LogP contribution is 2.33. The summed E-state index contributed by atoms with van der Waals surface area (Å²) in [6, 6.07) is 8.91. The minimum absolute atomic E-state index is 0.0870. The summed E-state index contributed by atoms with van der Waals surface area (Å²) < 4.78 is 7.31. The molecule has 0 spiro atoms. The molecule has 4 atom stereocenters. The average molecular weight is 680 g/mol. The molecule has 0 radical (unpaired) electrons. The van der Waals surface area contributed by atoms with Gasteiger partial charge in [0.25, 0.3) is 0 Å². The molecule has 13 heteroatoms. The summed E-state index contributed by atoms with van der Waals surface area (Å²) in [5.41, 5.74) is 4.90. The second-order valence-electron chi connectivity index (χ2n) is 14.2. The van der Waals surface area contributed by atoms with Crippen LogP contribution in [0.25, 0.3) is 10.4 Å². The quantitative estimate of drug-likeness (QED) is 0.356. The number of anilines is 1. The first-order chi connectivity index (χ1) is 22.6. The molecular formula is C35H49N7O5S. The number of aryl methyl sites for hydroxylation is 2. The lowest BCUT2D eigenvalue weighted by Gasteiger charge is -2.36. The van der Waals surface area contributed by atoms with Gasteiger partial charge in [0.1, 0.15) is 17.5 Å². The molecule has 2 aliphatic heterocycles. The van der Waals surface area contributed by atoms with Crippen molar-refractivity contribution in [3.8, 4) is 10.4 Å². The Balaban J connectivity index is 1.26. The highest BCUT2D eigenvalue weighted by molar-refractivity contribution is 7.13. The van der Waals surface area contributed by atoms with Crippen LogP contribution in [0.3, 0.4) is 0 Å². The number of aliphatic hydroxyl groups is 1. The second kappa shape index (κ2) is 14.3. The Morgan fingerprint density at radius 1 is 1.06 bits per heavy atom. The van der Waals surface area contributed by atoms with Crippen LogP contribution < -0.4 is 10.2 Å². The van der Waals surface area contributed by atoms with Gasteiger partial charge in [0.05, 0.1) is 39.8 Å². The Labute approximate surface area is 287 Å². The number of hydrogen-bond acceptors (Lipinski definition) is 9. The van der Waals surface area contributed by atoms with E-state index < -0.39 is 23.7 Å². The second-order valence-corrected chi connectivity index (χ2v) is 15.1. The molecule has 12 nitrogen and oxygen atoms in total. The van der Waals surface area contributed by atoms with Crippen molar-refractivity contribution in [3.63, 3.8) is 0 Å². The summed E-state index contributed by atoms with van der Waals surface area (Å²) in [7, 11) is 1.85. The number of nitrogens with zero attached hydrogens (tertiary/aromatic N) is 6. The molecule has 4 heterocycles. The first-order valence-corrected chi connectivity index (χ1v) is 17.6. The third-order valence-corrected chi connectivity index (χ3v) is 10.0. The zero-order chi connectivity index (χ0) is 34.9. The van der Waals surface area contributed by atoms with Crippen molar-refractivity contribution in [3.05, 3.63) is 52.8 Å². The Kier molecular flexibility index (Phi) is 10.5. The lowest BCUT2D eigenvalue weighted by Crippen LogP contribution is -2.50. The summed E-state index contributed by atoms with van der Waals surface area (Å²) in [5.74, 6) is -0.368. The number of carbonyl (C=O) groups excluding carboxylic acids is 3. The Morgan fingerprint density at radius 2 is 1.73 bits per heavy atom. The van der Waals surface area contributed by atoms with Crippen LogP contribution in [0.5, 0.6) is 0 Å². The number of carbonyl (C=O) groups is 3. The topological polar surface area (TPSA) is 133 Å². The molecule has 3 amide bonds. The molecule has 1 aromatic carbocycles. The van der Waals surface area contributed by atoms with E-state index in [0.717, 1.165) is 27.5 Å². The molecule has 0 bridgehead atoms. The Bertz CT molecular complexity index is 1600. The maximum absolute atomic E-state index is 14.2. The van der Waals surface area contributed by atoms with Crippen molar-refractivity contribution < 1.29 is 24.2 Å². The number of benzene rings is 1. The third kappa shape index (κ3) is 7.84. The number of ether oxygens (including phenoxy) is 1. The van der Waals surface area contributed by atoms with Crippen LogP contribution in [0.15, 0.2) is 35.8 Å². The number of aromatic nitrogens is 3. The minimum atomic E-state index is -0.796. The number of amides is 3. The van der Waals surface area contributed by atoms with Gasteiger partial charge in [0, 0.05) is 52.3 Å². The molecule has 260 valence electrons. The number of β-amino-alcohol motifs (C(OH)–C–C–N with tert-alkyl or cyclic N) is 1. The van der Waals surface area contributed by atoms with Crippen molar-refractivity contribution in [1.29, 1.82) is 0 Å². The molecular weight excluding hydrogens is 630 g/mol. The number of hydrogen-bond donors (Lipinski definition) is 2. The van der Waals surface area contributed by atoms with Gasteiger partial charge in [0.2, 0.25) is 11.8 Å². The van der Waals surface area contributed by atoms with E-state index in [9.17, 15) is 19.5 Å². The summed E-state index contributed by atoms with van der Waals surface area (Å²) in [6.45, 7) is 15.7. The van der Waals surface area contributed by atoms with Crippen LogP contribution in [0.2, 0.25) is 0 Å². The number of thiazole rings is 1.